The van der Waals surface area contributed by atoms with Crippen molar-refractivity contribution in [3.8, 4) is 0 Å². The lowest BCUT2D eigenvalue weighted by atomic mass is 10.1. The Labute approximate surface area is 426 Å². The van der Waals surface area contributed by atoms with Crippen LogP contribution in [0, 0.1) is 0 Å². The minimum atomic E-state index is -0.790. The van der Waals surface area contributed by atoms with Crippen LogP contribution in [0.3, 0.4) is 0 Å². The van der Waals surface area contributed by atoms with Crippen LogP contribution in [0.15, 0.2) is 85.1 Å². The summed E-state index contributed by atoms with van der Waals surface area (Å²) in [5.74, 6) is -0.912. The normalized spacial score (nSPS) is 12.7. The predicted octanol–water partition coefficient (Wildman–Crippen LogP) is 19.5. The molecule has 0 spiro atoms. The molecule has 0 amide bonds. The molecule has 0 bridgehead atoms. The van der Waals surface area contributed by atoms with Crippen LogP contribution in [0.25, 0.3) is 0 Å². The van der Waals surface area contributed by atoms with E-state index in [1.54, 1.807) is 0 Å². The van der Waals surface area contributed by atoms with E-state index in [0.29, 0.717) is 19.3 Å². The molecule has 1 unspecified atom stereocenters. The van der Waals surface area contributed by atoms with Gasteiger partial charge in [-0.3, -0.25) is 14.4 Å². The quantitative estimate of drug-likeness (QED) is 0.0262. The second-order valence-corrected chi connectivity index (χ2v) is 19.2. The maximum Gasteiger partial charge on any atom is 0.306 e. The lowest BCUT2D eigenvalue weighted by Crippen LogP contribution is -2.30. The SMILES string of the molecule is CC/C=C\C/C=C\C/C=C\C/C=C\CCCCCCCCC(=O)OCC(COC(=O)CCCCCCC/C=C\C/C=C\CCC)OC(=O)CCCCCCCCCCC/C=C\CCCCCCCC. The molecule has 0 aromatic carbocycles. The van der Waals surface area contributed by atoms with E-state index < -0.39 is 6.10 Å². The van der Waals surface area contributed by atoms with E-state index >= 15 is 0 Å². The monoisotopic (exact) mass is 961 g/mol. The molecule has 0 aliphatic rings. The van der Waals surface area contributed by atoms with Gasteiger partial charge in [-0.15, -0.1) is 0 Å². The van der Waals surface area contributed by atoms with Crippen molar-refractivity contribution < 1.29 is 28.6 Å². The first-order valence-corrected chi connectivity index (χ1v) is 29.1. The maximum absolute atomic E-state index is 12.9. The van der Waals surface area contributed by atoms with Gasteiger partial charge in [0.25, 0.3) is 0 Å². The number of hydrogen-bond donors (Lipinski definition) is 0. The lowest BCUT2D eigenvalue weighted by Gasteiger charge is -2.18. The maximum atomic E-state index is 12.9. The van der Waals surface area contributed by atoms with Crippen molar-refractivity contribution in [2.24, 2.45) is 0 Å². The van der Waals surface area contributed by atoms with Gasteiger partial charge in [0.2, 0.25) is 0 Å². The van der Waals surface area contributed by atoms with Crippen molar-refractivity contribution in [1.29, 1.82) is 0 Å². The molecule has 6 nitrogen and oxygen atoms in total. The molecule has 69 heavy (non-hydrogen) atoms. The summed E-state index contributed by atoms with van der Waals surface area (Å²) in [6.45, 7) is 6.45. The molecule has 0 aromatic heterocycles. The summed E-state index contributed by atoms with van der Waals surface area (Å²) in [5.41, 5.74) is 0. The summed E-state index contributed by atoms with van der Waals surface area (Å²) in [6, 6.07) is 0. The fraction of sp³-hybridized carbons (Fsp3) is 0.730. The van der Waals surface area contributed by atoms with Crippen LogP contribution in [0.1, 0.15) is 278 Å². The molecule has 0 rings (SSSR count). The number of esters is 3. The number of unbranched alkanes of at least 4 members (excludes halogenated alkanes) is 27. The zero-order valence-corrected chi connectivity index (χ0v) is 45.3. The summed E-state index contributed by atoms with van der Waals surface area (Å²) >= 11 is 0. The van der Waals surface area contributed by atoms with Crippen LogP contribution in [0.5, 0.6) is 0 Å². The number of hydrogen-bond acceptors (Lipinski definition) is 6. The van der Waals surface area contributed by atoms with Gasteiger partial charge in [-0.1, -0.05) is 234 Å². The van der Waals surface area contributed by atoms with Crippen molar-refractivity contribution >= 4 is 17.9 Å². The Hall–Kier alpha value is -3.41. The van der Waals surface area contributed by atoms with E-state index in [4.69, 9.17) is 14.2 Å². The molecule has 0 aliphatic carbocycles. The van der Waals surface area contributed by atoms with E-state index in [-0.39, 0.29) is 31.1 Å². The molecule has 0 heterocycles. The zero-order chi connectivity index (χ0) is 50.0. The number of ether oxygens (including phenoxy) is 3. The highest BCUT2D eigenvalue weighted by Gasteiger charge is 2.19. The highest BCUT2D eigenvalue weighted by Crippen LogP contribution is 2.15. The van der Waals surface area contributed by atoms with Gasteiger partial charge in [0.1, 0.15) is 13.2 Å². The minimum absolute atomic E-state index is 0.0891. The van der Waals surface area contributed by atoms with E-state index in [0.717, 1.165) is 122 Å². The molecular formula is C63H108O6. The molecule has 396 valence electrons. The predicted molar refractivity (Wildman–Crippen MR) is 297 cm³/mol. The Morgan fingerprint density at radius 1 is 0.304 bits per heavy atom. The van der Waals surface area contributed by atoms with Gasteiger partial charge in [0.05, 0.1) is 0 Å². The van der Waals surface area contributed by atoms with Gasteiger partial charge in [0.15, 0.2) is 6.10 Å². The van der Waals surface area contributed by atoms with Crippen molar-refractivity contribution in [2.45, 2.75) is 284 Å². The van der Waals surface area contributed by atoms with Crippen molar-refractivity contribution in [3.63, 3.8) is 0 Å². The average Bonchev–Trinajstić information content (AvgIpc) is 3.35. The Balaban J connectivity index is 4.40. The van der Waals surface area contributed by atoms with Crippen molar-refractivity contribution in [3.05, 3.63) is 85.1 Å². The molecule has 0 fully saturated rings. The molecule has 6 heteroatoms. The Kier molecular flexibility index (Phi) is 54.3. The topological polar surface area (TPSA) is 78.9 Å². The number of carbonyl (C=O) groups is 3. The Morgan fingerprint density at radius 3 is 0.957 bits per heavy atom. The molecule has 0 aliphatic heterocycles. The smallest absolute Gasteiger partial charge is 0.306 e. The van der Waals surface area contributed by atoms with Gasteiger partial charge in [0, 0.05) is 19.3 Å². The third kappa shape index (κ3) is 55.4. The standard InChI is InChI=1S/C63H108O6/c1-4-7-10-13-16-19-22-25-27-29-31-33-35-38-41-44-47-50-53-56-62(65)68-59-60(58-67-61(64)55-52-49-46-43-40-37-24-21-18-15-12-9-6-3)69-63(66)57-54-51-48-45-42-39-36-34-32-30-28-26-23-20-17-14-11-8-5-2/h7,10,12,15-16,19,21,24-28,31,33,60H,4-6,8-9,11,13-14,17-18,20,22-23,29-30,32,34-59H2,1-3H3/b10-7-,15-12-,19-16-,24-21-,27-25-,28-26-,33-31-. The lowest BCUT2D eigenvalue weighted by molar-refractivity contribution is -0.167. The summed E-state index contributed by atoms with van der Waals surface area (Å²) in [6.07, 6.45) is 74.3. The molecule has 1 atom stereocenters. The number of rotatable bonds is 52. The third-order valence-electron chi connectivity index (χ3n) is 12.3. The van der Waals surface area contributed by atoms with Crippen LogP contribution < -0.4 is 0 Å². The van der Waals surface area contributed by atoms with Crippen LogP contribution in [-0.2, 0) is 28.6 Å². The fourth-order valence-electron chi connectivity index (χ4n) is 8.00. The van der Waals surface area contributed by atoms with Gasteiger partial charge in [-0.2, -0.15) is 0 Å². The van der Waals surface area contributed by atoms with Crippen LogP contribution in [0.4, 0.5) is 0 Å². The van der Waals surface area contributed by atoms with E-state index in [1.165, 1.54) is 116 Å². The van der Waals surface area contributed by atoms with Gasteiger partial charge in [-0.05, 0) is 109 Å². The van der Waals surface area contributed by atoms with Gasteiger partial charge >= 0.3 is 17.9 Å². The summed E-state index contributed by atoms with van der Waals surface area (Å²) in [7, 11) is 0. The summed E-state index contributed by atoms with van der Waals surface area (Å²) in [4.78, 5) is 38.2. The zero-order valence-electron chi connectivity index (χ0n) is 45.3. The first kappa shape index (κ1) is 65.6. The first-order chi connectivity index (χ1) is 34.0. The Bertz CT molecular complexity index is 1330. The Morgan fingerprint density at radius 2 is 0.594 bits per heavy atom. The van der Waals surface area contributed by atoms with Crippen LogP contribution in [-0.4, -0.2) is 37.2 Å². The van der Waals surface area contributed by atoms with Crippen LogP contribution >= 0.6 is 0 Å². The first-order valence-electron chi connectivity index (χ1n) is 29.1. The summed E-state index contributed by atoms with van der Waals surface area (Å²) < 4.78 is 16.9. The second-order valence-electron chi connectivity index (χ2n) is 19.2. The largest absolute Gasteiger partial charge is 0.462 e. The number of allylic oxidation sites excluding steroid dienone is 14. The van der Waals surface area contributed by atoms with Crippen molar-refractivity contribution in [1.82, 2.24) is 0 Å². The van der Waals surface area contributed by atoms with E-state index in [1.807, 2.05) is 0 Å². The molecule has 0 saturated carbocycles. The molecule has 0 N–H and O–H groups in total. The number of carbonyl (C=O) groups excluding carboxylic acids is 3. The van der Waals surface area contributed by atoms with E-state index in [9.17, 15) is 14.4 Å². The van der Waals surface area contributed by atoms with Gasteiger partial charge < -0.3 is 14.2 Å². The highest BCUT2D eigenvalue weighted by atomic mass is 16.6. The fourth-order valence-corrected chi connectivity index (χ4v) is 8.00. The molecule has 0 aromatic rings. The van der Waals surface area contributed by atoms with E-state index in [2.05, 4.69) is 106 Å². The highest BCUT2D eigenvalue weighted by molar-refractivity contribution is 5.71. The second kappa shape index (κ2) is 57.2. The van der Waals surface area contributed by atoms with Gasteiger partial charge in [-0.25, -0.2) is 0 Å². The average molecular weight is 962 g/mol. The minimum Gasteiger partial charge on any atom is -0.462 e. The summed E-state index contributed by atoms with van der Waals surface area (Å²) in [5, 5.41) is 0. The molecule has 0 radical (unpaired) electrons. The molecule has 0 saturated heterocycles. The molecular weight excluding hydrogens is 853 g/mol. The van der Waals surface area contributed by atoms with Crippen LogP contribution in [0.2, 0.25) is 0 Å². The third-order valence-corrected chi connectivity index (χ3v) is 12.3. The van der Waals surface area contributed by atoms with Crippen molar-refractivity contribution in [2.75, 3.05) is 13.2 Å².